The molecule has 1 saturated heterocycles. The second kappa shape index (κ2) is 8.88. The van der Waals surface area contributed by atoms with E-state index in [0.717, 1.165) is 31.9 Å². The van der Waals surface area contributed by atoms with Crippen molar-refractivity contribution < 1.29 is 40.6 Å². The topological polar surface area (TPSA) is 27.7 Å². The lowest BCUT2D eigenvalue weighted by atomic mass is 9.64. The highest BCUT2D eigenvalue weighted by atomic mass is 19.4. The fraction of sp³-hybridized carbons (Fsp3) is 0.905. The van der Waals surface area contributed by atoms with Crippen LogP contribution in [-0.2, 0) is 14.2 Å². The molecule has 1 aliphatic heterocycles. The first-order chi connectivity index (χ1) is 14.0. The molecule has 3 rings (SSSR count). The summed E-state index contributed by atoms with van der Waals surface area (Å²) in [7, 11) is 0. The predicted octanol–water partition coefficient (Wildman–Crippen LogP) is 6.67. The average molecular weight is 444 g/mol. The minimum Gasteiger partial charge on any atom is -0.495 e. The van der Waals surface area contributed by atoms with Gasteiger partial charge in [0.05, 0.1) is 6.26 Å². The van der Waals surface area contributed by atoms with Crippen molar-refractivity contribution in [1.29, 1.82) is 0 Å². The van der Waals surface area contributed by atoms with Crippen LogP contribution in [-0.4, -0.2) is 36.5 Å². The number of halogens is 6. The summed E-state index contributed by atoms with van der Waals surface area (Å²) in [6, 6.07) is 0. The molecule has 3 unspecified atom stereocenters. The summed E-state index contributed by atoms with van der Waals surface area (Å²) in [5.41, 5.74) is -5.36. The van der Waals surface area contributed by atoms with E-state index in [-0.39, 0.29) is 24.9 Å². The Morgan fingerprint density at radius 1 is 0.933 bits per heavy atom. The minimum absolute atomic E-state index is 0.00631. The van der Waals surface area contributed by atoms with E-state index in [4.69, 9.17) is 14.2 Å². The second-order valence-corrected chi connectivity index (χ2v) is 9.01. The van der Waals surface area contributed by atoms with Gasteiger partial charge in [0.15, 0.2) is 6.29 Å². The Morgan fingerprint density at radius 3 is 2.07 bits per heavy atom. The average Bonchev–Trinajstić information content (AvgIpc) is 2.64. The van der Waals surface area contributed by atoms with Gasteiger partial charge in [-0.05, 0) is 63.2 Å². The molecule has 3 atom stereocenters. The number of fused-ring (bicyclic) bond motifs is 2. The lowest BCUT2D eigenvalue weighted by molar-refractivity contribution is -0.414. The first kappa shape index (κ1) is 23.7. The summed E-state index contributed by atoms with van der Waals surface area (Å²) in [6.45, 7) is 3.60. The summed E-state index contributed by atoms with van der Waals surface area (Å²) < 4.78 is 99.3. The van der Waals surface area contributed by atoms with Crippen LogP contribution in [0.5, 0.6) is 0 Å². The summed E-state index contributed by atoms with van der Waals surface area (Å²) in [5, 5.41) is 0. The third-order valence-corrected chi connectivity index (χ3v) is 6.87. The van der Waals surface area contributed by atoms with Crippen LogP contribution in [0.3, 0.4) is 0 Å². The minimum atomic E-state index is -5.63. The molecule has 9 heteroatoms. The lowest BCUT2D eigenvalue weighted by Crippen LogP contribution is -2.61. The summed E-state index contributed by atoms with van der Waals surface area (Å²) in [4.78, 5) is 0. The summed E-state index contributed by atoms with van der Waals surface area (Å²) in [6.07, 6.45) is -7.51. The molecular formula is C21H30F6O3. The Labute approximate surface area is 173 Å². The predicted molar refractivity (Wildman–Crippen MR) is 97.4 cm³/mol. The SMILES string of the molecule is C=COC1(CCC(OC2CCCCO2)(C(F)(F)F)C(F)(F)F)CC2CCCC(C2)C1. The van der Waals surface area contributed by atoms with Crippen LogP contribution in [0, 0.1) is 11.8 Å². The number of ether oxygens (including phenoxy) is 3. The molecule has 174 valence electrons. The molecule has 3 aliphatic rings. The van der Waals surface area contributed by atoms with E-state index in [0.29, 0.717) is 25.7 Å². The van der Waals surface area contributed by atoms with Crippen molar-refractivity contribution in [2.75, 3.05) is 6.61 Å². The van der Waals surface area contributed by atoms with Gasteiger partial charge in [-0.2, -0.15) is 26.3 Å². The fourth-order valence-electron chi connectivity index (χ4n) is 5.51. The molecule has 0 aromatic heterocycles. The maximum atomic E-state index is 14.0. The molecule has 0 aromatic carbocycles. The van der Waals surface area contributed by atoms with Crippen LogP contribution in [0.25, 0.3) is 0 Å². The van der Waals surface area contributed by atoms with Crippen LogP contribution in [0.15, 0.2) is 12.8 Å². The molecule has 3 fully saturated rings. The van der Waals surface area contributed by atoms with E-state index in [9.17, 15) is 26.3 Å². The lowest BCUT2D eigenvalue weighted by Gasteiger charge is -2.48. The highest BCUT2D eigenvalue weighted by molar-refractivity contribution is 5.02. The zero-order chi connectivity index (χ0) is 22.0. The maximum absolute atomic E-state index is 14.0. The van der Waals surface area contributed by atoms with Crippen LogP contribution >= 0.6 is 0 Å². The van der Waals surface area contributed by atoms with E-state index in [2.05, 4.69) is 6.58 Å². The van der Waals surface area contributed by atoms with Crippen LogP contribution in [0.4, 0.5) is 26.3 Å². The maximum Gasteiger partial charge on any atom is 0.426 e. The Balaban J connectivity index is 1.86. The van der Waals surface area contributed by atoms with Crippen molar-refractivity contribution in [3.05, 3.63) is 12.8 Å². The van der Waals surface area contributed by atoms with E-state index in [1.165, 1.54) is 0 Å². The van der Waals surface area contributed by atoms with Gasteiger partial charge in [0.1, 0.15) is 5.60 Å². The van der Waals surface area contributed by atoms with Gasteiger partial charge in [-0.15, -0.1) is 0 Å². The van der Waals surface area contributed by atoms with Gasteiger partial charge in [-0.3, -0.25) is 0 Å². The molecule has 0 aromatic rings. The van der Waals surface area contributed by atoms with Gasteiger partial charge in [0.2, 0.25) is 0 Å². The van der Waals surface area contributed by atoms with Crippen molar-refractivity contribution in [2.45, 2.75) is 100 Å². The zero-order valence-corrected chi connectivity index (χ0v) is 17.0. The van der Waals surface area contributed by atoms with Crippen LogP contribution in [0.1, 0.15) is 70.6 Å². The van der Waals surface area contributed by atoms with Crippen molar-refractivity contribution in [1.82, 2.24) is 0 Å². The summed E-state index contributed by atoms with van der Waals surface area (Å²) in [5.74, 6) is 0.512. The van der Waals surface area contributed by atoms with Crippen molar-refractivity contribution in [2.24, 2.45) is 11.8 Å². The van der Waals surface area contributed by atoms with E-state index < -0.39 is 42.7 Å². The highest BCUT2D eigenvalue weighted by Crippen LogP contribution is 2.54. The Morgan fingerprint density at radius 2 is 1.57 bits per heavy atom. The van der Waals surface area contributed by atoms with E-state index in [1.807, 2.05) is 0 Å². The van der Waals surface area contributed by atoms with E-state index >= 15 is 0 Å². The van der Waals surface area contributed by atoms with Crippen LogP contribution in [0.2, 0.25) is 0 Å². The van der Waals surface area contributed by atoms with Gasteiger partial charge in [0, 0.05) is 6.61 Å². The second-order valence-electron chi connectivity index (χ2n) is 9.01. The van der Waals surface area contributed by atoms with Crippen LogP contribution < -0.4 is 0 Å². The van der Waals surface area contributed by atoms with Gasteiger partial charge in [0.25, 0.3) is 5.60 Å². The van der Waals surface area contributed by atoms with Gasteiger partial charge < -0.3 is 14.2 Å². The molecule has 2 aliphatic carbocycles. The Bertz CT molecular complexity index is 556. The molecule has 1 heterocycles. The Kier molecular flexibility index (Phi) is 7.02. The van der Waals surface area contributed by atoms with Gasteiger partial charge >= 0.3 is 12.4 Å². The molecule has 0 radical (unpaired) electrons. The zero-order valence-electron chi connectivity index (χ0n) is 17.0. The first-order valence-electron chi connectivity index (χ1n) is 10.7. The van der Waals surface area contributed by atoms with E-state index in [1.54, 1.807) is 0 Å². The third kappa shape index (κ3) is 4.92. The number of rotatable bonds is 7. The highest BCUT2D eigenvalue weighted by Gasteiger charge is 2.73. The number of alkyl halides is 6. The van der Waals surface area contributed by atoms with Crippen molar-refractivity contribution in [3.8, 4) is 0 Å². The normalized spacial score (nSPS) is 33.2. The number of hydrogen-bond donors (Lipinski definition) is 0. The Hall–Kier alpha value is -0.960. The molecule has 0 spiro atoms. The summed E-state index contributed by atoms with van der Waals surface area (Å²) >= 11 is 0. The number of hydrogen-bond acceptors (Lipinski definition) is 3. The molecule has 2 bridgehead atoms. The molecular weight excluding hydrogens is 414 g/mol. The standard InChI is InChI=1S/C21H30F6O3/c1-2-29-18(13-15-6-5-7-16(12-15)14-18)9-10-19(20(22,23)24,21(25,26)27)30-17-8-3-4-11-28-17/h2,15-17H,1,3-14H2. The quantitative estimate of drug-likeness (QED) is 0.324. The monoisotopic (exact) mass is 444 g/mol. The molecule has 2 saturated carbocycles. The van der Waals surface area contributed by atoms with Gasteiger partial charge in [-0.1, -0.05) is 25.8 Å². The molecule has 0 N–H and O–H groups in total. The molecule has 30 heavy (non-hydrogen) atoms. The van der Waals surface area contributed by atoms with Gasteiger partial charge in [-0.25, -0.2) is 0 Å². The first-order valence-corrected chi connectivity index (χ1v) is 10.7. The van der Waals surface area contributed by atoms with Crippen molar-refractivity contribution >= 4 is 0 Å². The molecule has 0 amide bonds. The smallest absolute Gasteiger partial charge is 0.426 e. The third-order valence-electron chi connectivity index (χ3n) is 6.87. The largest absolute Gasteiger partial charge is 0.495 e. The fourth-order valence-corrected chi connectivity index (χ4v) is 5.51. The molecule has 3 nitrogen and oxygen atoms in total. The van der Waals surface area contributed by atoms with Crippen molar-refractivity contribution in [3.63, 3.8) is 0 Å².